The Morgan fingerprint density at radius 3 is 2.24 bits per heavy atom. The molecule has 6 heteroatoms. The molecule has 0 N–H and O–H groups in total. The van der Waals surface area contributed by atoms with E-state index >= 15 is 0 Å². The molecular weight excluding hydrogens is 308 g/mol. The molecule has 0 spiro atoms. The Hall–Kier alpha value is -1.88. The number of benzene rings is 2. The van der Waals surface area contributed by atoms with Gasteiger partial charge in [0.2, 0.25) is 0 Å². The Bertz CT molecular complexity index is 662. The zero-order valence-electron chi connectivity index (χ0n) is 10.5. The summed E-state index contributed by atoms with van der Waals surface area (Å²) in [5.74, 6) is -1.08. The second-order valence-corrected chi connectivity index (χ2v) is 4.77. The van der Waals surface area contributed by atoms with Crippen molar-refractivity contribution in [1.82, 2.24) is 0 Å². The third kappa shape index (κ3) is 3.61. The lowest BCUT2D eigenvalue weighted by Gasteiger charge is -2.08. The molecule has 0 aliphatic heterocycles. The molecule has 0 fully saturated rings. The van der Waals surface area contributed by atoms with Gasteiger partial charge < -0.3 is 0 Å². The van der Waals surface area contributed by atoms with E-state index in [1.54, 1.807) is 0 Å². The first-order chi connectivity index (χ1) is 9.79. The van der Waals surface area contributed by atoms with E-state index in [9.17, 15) is 22.4 Å². The summed E-state index contributed by atoms with van der Waals surface area (Å²) in [5, 5.41) is -0.155. The highest BCUT2D eigenvalue weighted by atomic mass is 35.5. The zero-order valence-corrected chi connectivity index (χ0v) is 11.3. The number of ketones is 1. The van der Waals surface area contributed by atoms with Gasteiger partial charge in [-0.2, -0.15) is 13.2 Å². The monoisotopic (exact) mass is 316 g/mol. The third-order valence-corrected chi connectivity index (χ3v) is 3.34. The lowest BCUT2D eigenvalue weighted by atomic mass is 10.0. The Labute approximate surface area is 123 Å². The molecule has 2 aromatic rings. The van der Waals surface area contributed by atoms with Crippen LogP contribution in [0.15, 0.2) is 42.5 Å². The molecule has 0 amide bonds. The summed E-state index contributed by atoms with van der Waals surface area (Å²) < 4.78 is 50.5. The van der Waals surface area contributed by atoms with Crippen molar-refractivity contribution < 1.29 is 22.4 Å². The Kier molecular flexibility index (Phi) is 4.32. The van der Waals surface area contributed by atoms with Crippen LogP contribution in [-0.2, 0) is 12.6 Å². The highest BCUT2D eigenvalue weighted by Crippen LogP contribution is 2.29. The van der Waals surface area contributed by atoms with E-state index in [4.69, 9.17) is 11.6 Å². The van der Waals surface area contributed by atoms with Gasteiger partial charge in [0.1, 0.15) is 5.82 Å². The van der Waals surface area contributed by atoms with Gasteiger partial charge in [-0.05, 0) is 23.8 Å². The van der Waals surface area contributed by atoms with Gasteiger partial charge in [0.15, 0.2) is 5.78 Å². The van der Waals surface area contributed by atoms with Crippen LogP contribution in [0.5, 0.6) is 0 Å². The molecule has 0 radical (unpaired) electrons. The molecule has 0 bridgehead atoms. The fraction of sp³-hybridized carbons (Fsp3) is 0.133. The van der Waals surface area contributed by atoms with Crippen LogP contribution in [0.2, 0.25) is 5.02 Å². The normalized spacial score (nSPS) is 11.5. The fourth-order valence-electron chi connectivity index (χ4n) is 1.81. The van der Waals surface area contributed by atoms with Crippen molar-refractivity contribution in [3.05, 3.63) is 70.0 Å². The molecule has 0 saturated carbocycles. The van der Waals surface area contributed by atoms with Gasteiger partial charge >= 0.3 is 6.18 Å². The van der Waals surface area contributed by atoms with Crippen LogP contribution in [0.25, 0.3) is 0 Å². The van der Waals surface area contributed by atoms with Crippen LogP contribution in [0.3, 0.4) is 0 Å². The molecule has 0 aliphatic carbocycles. The van der Waals surface area contributed by atoms with Crippen molar-refractivity contribution >= 4 is 17.4 Å². The number of alkyl halides is 3. The van der Waals surface area contributed by atoms with Crippen LogP contribution in [0.1, 0.15) is 21.5 Å². The van der Waals surface area contributed by atoms with Crippen molar-refractivity contribution in [3.63, 3.8) is 0 Å². The van der Waals surface area contributed by atoms with Gasteiger partial charge in [0.05, 0.1) is 10.6 Å². The SMILES string of the molecule is O=C(Cc1cccc(F)c1Cl)c1ccc(C(F)(F)F)cc1. The van der Waals surface area contributed by atoms with Gasteiger partial charge in [0.25, 0.3) is 0 Å². The van der Waals surface area contributed by atoms with Gasteiger partial charge in [-0.25, -0.2) is 4.39 Å². The smallest absolute Gasteiger partial charge is 0.294 e. The molecule has 1 nitrogen and oxygen atoms in total. The average molecular weight is 317 g/mol. The van der Waals surface area contributed by atoms with Crippen molar-refractivity contribution in [2.75, 3.05) is 0 Å². The van der Waals surface area contributed by atoms with Crippen LogP contribution in [0, 0.1) is 5.82 Å². The molecule has 110 valence electrons. The van der Waals surface area contributed by atoms with E-state index < -0.39 is 23.3 Å². The summed E-state index contributed by atoms with van der Waals surface area (Å²) in [6.07, 6.45) is -4.63. The predicted octanol–water partition coefficient (Wildman–Crippen LogP) is 4.92. The number of carbonyl (C=O) groups excluding carboxylic acids is 1. The molecule has 2 aromatic carbocycles. The Morgan fingerprint density at radius 1 is 1.05 bits per heavy atom. The number of hydrogen-bond donors (Lipinski definition) is 0. The zero-order chi connectivity index (χ0) is 15.6. The first kappa shape index (κ1) is 15.5. The number of carbonyl (C=O) groups is 1. The Morgan fingerprint density at radius 2 is 1.67 bits per heavy atom. The summed E-state index contributed by atoms with van der Waals surface area (Å²) in [4.78, 5) is 12.0. The Balaban J connectivity index is 2.19. The number of halogens is 5. The molecule has 0 heterocycles. The quantitative estimate of drug-likeness (QED) is 0.580. The van der Waals surface area contributed by atoms with E-state index in [2.05, 4.69) is 0 Å². The van der Waals surface area contributed by atoms with Gasteiger partial charge in [-0.15, -0.1) is 0 Å². The lowest BCUT2D eigenvalue weighted by Crippen LogP contribution is -2.08. The first-order valence-electron chi connectivity index (χ1n) is 5.92. The maximum atomic E-state index is 13.2. The summed E-state index contributed by atoms with van der Waals surface area (Å²) in [6, 6.07) is 7.93. The summed E-state index contributed by atoms with van der Waals surface area (Å²) in [6.45, 7) is 0. The van der Waals surface area contributed by atoms with E-state index in [0.717, 1.165) is 30.3 Å². The van der Waals surface area contributed by atoms with Gasteiger partial charge in [-0.3, -0.25) is 4.79 Å². The second-order valence-electron chi connectivity index (χ2n) is 4.39. The van der Waals surface area contributed by atoms with Crippen LogP contribution >= 0.6 is 11.6 Å². The summed E-state index contributed by atoms with van der Waals surface area (Å²) in [5.41, 5.74) is -0.423. The molecule has 21 heavy (non-hydrogen) atoms. The summed E-state index contributed by atoms with van der Waals surface area (Å²) in [7, 11) is 0. The largest absolute Gasteiger partial charge is 0.416 e. The molecule has 0 aromatic heterocycles. The van der Waals surface area contributed by atoms with E-state index in [1.807, 2.05) is 0 Å². The minimum absolute atomic E-state index is 0.114. The minimum atomic E-state index is -4.45. The highest BCUT2D eigenvalue weighted by molar-refractivity contribution is 6.31. The number of rotatable bonds is 3. The van der Waals surface area contributed by atoms with Crippen molar-refractivity contribution in [2.45, 2.75) is 12.6 Å². The van der Waals surface area contributed by atoms with Crippen molar-refractivity contribution in [3.8, 4) is 0 Å². The highest BCUT2D eigenvalue weighted by Gasteiger charge is 2.30. The minimum Gasteiger partial charge on any atom is -0.294 e. The van der Waals surface area contributed by atoms with Crippen LogP contribution in [0.4, 0.5) is 17.6 Å². The third-order valence-electron chi connectivity index (χ3n) is 2.92. The molecule has 0 unspecified atom stereocenters. The second kappa shape index (κ2) is 5.85. The van der Waals surface area contributed by atoms with Crippen molar-refractivity contribution in [1.29, 1.82) is 0 Å². The van der Waals surface area contributed by atoms with Gasteiger partial charge in [0, 0.05) is 12.0 Å². The van der Waals surface area contributed by atoms with E-state index in [1.165, 1.54) is 12.1 Å². The topological polar surface area (TPSA) is 17.1 Å². The number of hydrogen-bond acceptors (Lipinski definition) is 1. The maximum Gasteiger partial charge on any atom is 0.416 e. The fourth-order valence-corrected chi connectivity index (χ4v) is 2.00. The molecule has 2 rings (SSSR count). The maximum absolute atomic E-state index is 13.2. The lowest BCUT2D eigenvalue weighted by molar-refractivity contribution is -0.137. The average Bonchev–Trinajstić information content (AvgIpc) is 2.43. The first-order valence-corrected chi connectivity index (χ1v) is 6.30. The van der Waals surface area contributed by atoms with Crippen LogP contribution in [-0.4, -0.2) is 5.78 Å². The number of Topliss-reactive ketones (excluding diaryl/α,β-unsaturated/α-hetero) is 1. The van der Waals surface area contributed by atoms with E-state index in [-0.39, 0.29) is 17.0 Å². The van der Waals surface area contributed by atoms with Gasteiger partial charge in [-0.1, -0.05) is 35.9 Å². The van der Waals surface area contributed by atoms with Crippen molar-refractivity contribution in [2.24, 2.45) is 0 Å². The molecule has 0 saturated heterocycles. The molecule has 0 atom stereocenters. The standard InChI is InChI=1S/C15H9ClF4O/c16-14-10(2-1-3-12(14)17)8-13(21)9-4-6-11(7-5-9)15(18,19)20/h1-7H,8H2. The molecule has 0 aliphatic rings. The van der Waals surface area contributed by atoms with Crippen LogP contribution < -0.4 is 0 Å². The molecular formula is C15H9ClF4O. The van der Waals surface area contributed by atoms with E-state index in [0.29, 0.717) is 5.56 Å². The summed E-state index contributed by atoms with van der Waals surface area (Å²) >= 11 is 5.73. The predicted molar refractivity (Wildman–Crippen MR) is 70.9 cm³/mol.